The second-order valence-electron chi connectivity index (χ2n) is 5.66. The van der Waals surface area contributed by atoms with Gasteiger partial charge in [0.1, 0.15) is 5.75 Å². The molecule has 0 bridgehead atoms. The van der Waals surface area contributed by atoms with Gasteiger partial charge in [0.25, 0.3) is 5.91 Å². The fourth-order valence-corrected chi connectivity index (χ4v) is 3.11. The maximum absolute atomic E-state index is 12.6. The number of cyclic esters (lactones) is 1. The highest BCUT2D eigenvalue weighted by atomic mass is 35.5. The SMILES string of the molecule is COc1ccc(Cl)cc1[C@H](NC(=O)C1CNC(=O)O1)c1cccc(Cl)c1. The van der Waals surface area contributed by atoms with E-state index >= 15 is 0 Å². The smallest absolute Gasteiger partial charge is 0.408 e. The van der Waals surface area contributed by atoms with Crippen molar-refractivity contribution in [3.8, 4) is 5.75 Å². The van der Waals surface area contributed by atoms with E-state index in [-0.39, 0.29) is 6.54 Å². The van der Waals surface area contributed by atoms with E-state index in [0.717, 1.165) is 5.56 Å². The molecule has 0 saturated carbocycles. The van der Waals surface area contributed by atoms with Crippen LogP contribution in [-0.4, -0.2) is 31.8 Å². The second-order valence-corrected chi connectivity index (χ2v) is 6.53. The second kappa shape index (κ2) is 7.85. The number of amides is 2. The Morgan fingerprint density at radius 2 is 2.04 bits per heavy atom. The van der Waals surface area contributed by atoms with Crippen LogP contribution < -0.4 is 15.4 Å². The molecule has 136 valence electrons. The van der Waals surface area contributed by atoms with E-state index in [4.69, 9.17) is 32.7 Å². The third-order valence-corrected chi connectivity index (χ3v) is 4.42. The van der Waals surface area contributed by atoms with Crippen LogP contribution in [0.2, 0.25) is 10.0 Å². The lowest BCUT2D eigenvalue weighted by Gasteiger charge is -2.23. The van der Waals surface area contributed by atoms with Crippen LogP contribution in [0.25, 0.3) is 0 Å². The van der Waals surface area contributed by atoms with Gasteiger partial charge in [-0.1, -0.05) is 35.3 Å². The van der Waals surface area contributed by atoms with Crippen LogP contribution in [0, 0.1) is 0 Å². The number of alkyl carbamates (subject to hydrolysis) is 1. The summed E-state index contributed by atoms with van der Waals surface area (Å²) in [6.45, 7) is 0.111. The van der Waals surface area contributed by atoms with Gasteiger partial charge in [-0.25, -0.2) is 4.79 Å². The van der Waals surface area contributed by atoms with Crippen LogP contribution in [0.3, 0.4) is 0 Å². The Kier molecular flexibility index (Phi) is 5.54. The molecule has 1 saturated heterocycles. The van der Waals surface area contributed by atoms with Crippen molar-refractivity contribution < 1.29 is 19.1 Å². The van der Waals surface area contributed by atoms with Gasteiger partial charge in [-0.3, -0.25) is 4.79 Å². The van der Waals surface area contributed by atoms with Gasteiger partial charge in [-0.15, -0.1) is 0 Å². The van der Waals surface area contributed by atoms with Crippen LogP contribution in [0.5, 0.6) is 5.75 Å². The third kappa shape index (κ3) is 4.03. The van der Waals surface area contributed by atoms with Crippen molar-refractivity contribution in [3.63, 3.8) is 0 Å². The number of hydrogen-bond acceptors (Lipinski definition) is 4. The molecule has 1 unspecified atom stereocenters. The summed E-state index contributed by atoms with van der Waals surface area (Å²) < 4.78 is 10.4. The molecule has 0 aromatic heterocycles. The first-order valence-electron chi connectivity index (χ1n) is 7.81. The van der Waals surface area contributed by atoms with Gasteiger partial charge in [-0.2, -0.15) is 0 Å². The maximum Gasteiger partial charge on any atom is 0.408 e. The molecule has 2 amide bonds. The molecule has 0 aliphatic carbocycles. The molecule has 2 atom stereocenters. The number of ether oxygens (including phenoxy) is 2. The number of halogens is 2. The van der Waals surface area contributed by atoms with Gasteiger partial charge in [0, 0.05) is 15.6 Å². The van der Waals surface area contributed by atoms with Crippen molar-refractivity contribution in [1.82, 2.24) is 10.6 Å². The Morgan fingerprint density at radius 1 is 1.27 bits per heavy atom. The van der Waals surface area contributed by atoms with Crippen LogP contribution in [0.1, 0.15) is 17.2 Å². The van der Waals surface area contributed by atoms with Crippen LogP contribution in [0.15, 0.2) is 42.5 Å². The lowest BCUT2D eigenvalue weighted by molar-refractivity contribution is -0.128. The summed E-state index contributed by atoms with van der Waals surface area (Å²) in [7, 11) is 1.53. The summed E-state index contributed by atoms with van der Waals surface area (Å²) in [5.41, 5.74) is 1.40. The minimum atomic E-state index is -0.908. The molecule has 1 aliphatic rings. The largest absolute Gasteiger partial charge is 0.496 e. The van der Waals surface area contributed by atoms with E-state index < -0.39 is 24.1 Å². The normalized spacial score (nSPS) is 17.2. The van der Waals surface area contributed by atoms with Crippen molar-refractivity contribution in [2.45, 2.75) is 12.1 Å². The van der Waals surface area contributed by atoms with Crippen LogP contribution in [0.4, 0.5) is 4.79 Å². The number of benzene rings is 2. The molecule has 3 rings (SSSR count). The van der Waals surface area contributed by atoms with E-state index in [1.807, 2.05) is 6.07 Å². The molecule has 1 heterocycles. The summed E-state index contributed by atoms with van der Waals surface area (Å²) >= 11 is 12.3. The van der Waals surface area contributed by atoms with Gasteiger partial charge in [0.05, 0.1) is 19.7 Å². The first-order valence-corrected chi connectivity index (χ1v) is 8.57. The number of methoxy groups -OCH3 is 1. The zero-order valence-electron chi connectivity index (χ0n) is 13.8. The Hall–Kier alpha value is -2.44. The van der Waals surface area contributed by atoms with Gasteiger partial charge in [-0.05, 0) is 35.9 Å². The number of hydrogen-bond donors (Lipinski definition) is 2. The molecule has 2 aromatic carbocycles. The average molecular weight is 395 g/mol. The fourth-order valence-electron chi connectivity index (χ4n) is 2.73. The Labute approximate surface area is 160 Å². The summed E-state index contributed by atoms with van der Waals surface area (Å²) in [4.78, 5) is 23.8. The van der Waals surface area contributed by atoms with E-state index in [1.54, 1.807) is 36.4 Å². The van der Waals surface area contributed by atoms with Crippen molar-refractivity contribution in [2.75, 3.05) is 13.7 Å². The predicted molar refractivity (Wildman–Crippen MR) is 97.7 cm³/mol. The molecule has 8 heteroatoms. The molecule has 2 N–H and O–H groups in total. The van der Waals surface area contributed by atoms with Crippen molar-refractivity contribution >= 4 is 35.2 Å². The summed E-state index contributed by atoms with van der Waals surface area (Å²) in [5, 5.41) is 6.36. The van der Waals surface area contributed by atoms with E-state index in [9.17, 15) is 9.59 Å². The average Bonchev–Trinajstić information content (AvgIpc) is 3.06. The molecule has 2 aromatic rings. The fraction of sp³-hybridized carbons (Fsp3) is 0.222. The minimum Gasteiger partial charge on any atom is -0.496 e. The lowest BCUT2D eigenvalue weighted by atomic mass is 9.97. The standard InChI is InChI=1S/C18H16Cl2N2O4/c1-25-14-6-5-12(20)8-13(14)16(10-3-2-4-11(19)7-10)22-17(23)15-9-21-18(24)26-15/h2-8,15-16H,9H2,1H3,(H,21,24)(H,22,23)/t15?,16-/m1/s1. The predicted octanol–water partition coefficient (Wildman–Crippen LogP) is 3.32. The molecule has 1 aliphatic heterocycles. The van der Waals surface area contributed by atoms with E-state index in [2.05, 4.69) is 10.6 Å². The van der Waals surface area contributed by atoms with Gasteiger partial charge < -0.3 is 20.1 Å². The Bertz CT molecular complexity index is 844. The summed E-state index contributed by atoms with van der Waals surface area (Å²) in [6.07, 6.45) is -1.53. The van der Waals surface area contributed by atoms with Gasteiger partial charge >= 0.3 is 6.09 Å². The molecule has 6 nitrogen and oxygen atoms in total. The van der Waals surface area contributed by atoms with Crippen LogP contribution in [-0.2, 0) is 9.53 Å². The number of carbonyl (C=O) groups excluding carboxylic acids is 2. The molecule has 1 fully saturated rings. The molecule has 26 heavy (non-hydrogen) atoms. The highest BCUT2D eigenvalue weighted by Crippen LogP contribution is 2.33. The zero-order valence-corrected chi connectivity index (χ0v) is 15.3. The zero-order chi connectivity index (χ0) is 18.7. The highest BCUT2D eigenvalue weighted by molar-refractivity contribution is 6.31. The molecular weight excluding hydrogens is 379 g/mol. The van der Waals surface area contributed by atoms with Gasteiger partial charge in [0.2, 0.25) is 0 Å². The Morgan fingerprint density at radius 3 is 2.69 bits per heavy atom. The van der Waals surface area contributed by atoms with Crippen molar-refractivity contribution in [1.29, 1.82) is 0 Å². The topological polar surface area (TPSA) is 76.7 Å². The first kappa shape index (κ1) is 18.4. The van der Waals surface area contributed by atoms with Crippen molar-refractivity contribution in [2.24, 2.45) is 0 Å². The van der Waals surface area contributed by atoms with E-state index in [1.165, 1.54) is 7.11 Å². The minimum absolute atomic E-state index is 0.111. The molecule has 0 radical (unpaired) electrons. The highest BCUT2D eigenvalue weighted by Gasteiger charge is 2.32. The third-order valence-electron chi connectivity index (χ3n) is 3.94. The van der Waals surface area contributed by atoms with Crippen molar-refractivity contribution in [3.05, 3.63) is 63.6 Å². The van der Waals surface area contributed by atoms with Gasteiger partial charge in [0.15, 0.2) is 6.10 Å². The quantitative estimate of drug-likeness (QED) is 0.815. The van der Waals surface area contributed by atoms with E-state index in [0.29, 0.717) is 21.4 Å². The molecule has 0 spiro atoms. The summed E-state index contributed by atoms with van der Waals surface area (Å²) in [6, 6.07) is 11.6. The number of rotatable bonds is 5. The maximum atomic E-state index is 12.6. The summed E-state index contributed by atoms with van der Waals surface area (Å²) in [5.74, 6) is 0.122. The molecular formula is C18H16Cl2N2O4. The number of carbonyl (C=O) groups is 2. The number of nitrogens with one attached hydrogen (secondary N) is 2. The Balaban J connectivity index is 1.98. The monoisotopic (exact) mass is 394 g/mol. The first-order chi connectivity index (χ1) is 12.5. The lowest BCUT2D eigenvalue weighted by Crippen LogP contribution is -2.39. The van der Waals surface area contributed by atoms with Crippen LogP contribution >= 0.6 is 23.2 Å².